The van der Waals surface area contributed by atoms with Crippen LogP contribution in [-0.4, -0.2) is 17.6 Å². The molecule has 0 bridgehead atoms. The lowest BCUT2D eigenvalue weighted by Gasteiger charge is -2.10. The van der Waals surface area contributed by atoms with Gasteiger partial charge in [-0.15, -0.1) is 0 Å². The average Bonchev–Trinajstić information content (AvgIpc) is 2.53. The number of nitrogens with one attached hydrogen (secondary N) is 1. The molecule has 0 aliphatic carbocycles. The summed E-state index contributed by atoms with van der Waals surface area (Å²) in [6.45, 7) is 4.35. The fourth-order valence-corrected chi connectivity index (χ4v) is 2.03. The molecule has 0 saturated heterocycles. The number of amides is 1. The third-order valence-electron chi connectivity index (χ3n) is 3.20. The van der Waals surface area contributed by atoms with Crippen LogP contribution in [0.4, 0.5) is 5.69 Å². The molecule has 2 aromatic carbocycles. The maximum atomic E-state index is 12.3. The maximum Gasteiger partial charge on any atom is 0.255 e. The minimum Gasteiger partial charge on any atom is -0.494 e. The zero-order valence-electron chi connectivity index (χ0n) is 12.9. The molecule has 116 valence electrons. The summed E-state index contributed by atoms with van der Waals surface area (Å²) >= 11 is 0. The number of carbonyl (C=O) groups excluding carboxylic acids is 1. The Labute approximate surface area is 130 Å². The smallest absolute Gasteiger partial charge is 0.255 e. The summed E-state index contributed by atoms with van der Waals surface area (Å²) in [5.74, 6) is 0.483. The Balaban J connectivity index is 2.10. The standard InChI is InChI=1S/C18H21NO3/c1-3-10-22-17-9-5-7-15(12-17)18(21)19-16-8-4-6-14(11-16)13(2)20/h4-9,11-13,20H,3,10H2,1-2H3,(H,19,21). The Morgan fingerprint density at radius 1 is 1.23 bits per heavy atom. The van der Waals surface area contributed by atoms with E-state index in [1.54, 1.807) is 43.3 Å². The maximum absolute atomic E-state index is 12.3. The van der Waals surface area contributed by atoms with E-state index >= 15 is 0 Å². The van der Waals surface area contributed by atoms with E-state index in [0.29, 0.717) is 23.6 Å². The van der Waals surface area contributed by atoms with Crippen LogP contribution in [0.25, 0.3) is 0 Å². The van der Waals surface area contributed by atoms with Gasteiger partial charge in [-0.3, -0.25) is 4.79 Å². The van der Waals surface area contributed by atoms with Crippen molar-refractivity contribution in [1.29, 1.82) is 0 Å². The first-order chi connectivity index (χ1) is 10.6. The van der Waals surface area contributed by atoms with Crippen LogP contribution in [0.5, 0.6) is 5.75 Å². The summed E-state index contributed by atoms with van der Waals surface area (Å²) in [5.41, 5.74) is 1.96. The molecule has 0 radical (unpaired) electrons. The van der Waals surface area contributed by atoms with E-state index in [2.05, 4.69) is 5.32 Å². The average molecular weight is 299 g/mol. The second kappa shape index (κ2) is 7.61. The zero-order valence-corrected chi connectivity index (χ0v) is 12.9. The van der Waals surface area contributed by atoms with Gasteiger partial charge in [0.2, 0.25) is 0 Å². The van der Waals surface area contributed by atoms with Crippen LogP contribution >= 0.6 is 0 Å². The van der Waals surface area contributed by atoms with Gasteiger partial charge in [-0.2, -0.15) is 0 Å². The van der Waals surface area contributed by atoms with Gasteiger partial charge in [0.25, 0.3) is 5.91 Å². The Hall–Kier alpha value is -2.33. The van der Waals surface area contributed by atoms with Crippen LogP contribution in [0.2, 0.25) is 0 Å². The number of hydrogen-bond acceptors (Lipinski definition) is 3. The molecule has 4 heteroatoms. The molecule has 1 atom stereocenters. The summed E-state index contributed by atoms with van der Waals surface area (Å²) in [6.07, 6.45) is 0.352. The first kappa shape index (κ1) is 16.0. The summed E-state index contributed by atoms with van der Waals surface area (Å²) in [5, 5.41) is 12.4. The molecule has 1 amide bonds. The van der Waals surface area contributed by atoms with E-state index in [1.807, 2.05) is 19.1 Å². The van der Waals surface area contributed by atoms with Gasteiger partial charge >= 0.3 is 0 Å². The van der Waals surface area contributed by atoms with Gasteiger partial charge in [0.15, 0.2) is 0 Å². The molecule has 2 N–H and O–H groups in total. The Morgan fingerprint density at radius 3 is 2.73 bits per heavy atom. The van der Waals surface area contributed by atoms with Crippen molar-refractivity contribution in [3.05, 3.63) is 59.7 Å². The van der Waals surface area contributed by atoms with E-state index in [4.69, 9.17) is 4.74 Å². The second-order valence-electron chi connectivity index (χ2n) is 5.13. The lowest BCUT2D eigenvalue weighted by atomic mass is 10.1. The van der Waals surface area contributed by atoms with Crippen molar-refractivity contribution >= 4 is 11.6 Å². The van der Waals surface area contributed by atoms with Crippen molar-refractivity contribution in [1.82, 2.24) is 0 Å². The summed E-state index contributed by atoms with van der Waals surface area (Å²) in [4.78, 5) is 12.3. The third kappa shape index (κ3) is 4.33. The quantitative estimate of drug-likeness (QED) is 0.853. The highest BCUT2D eigenvalue weighted by Gasteiger charge is 2.08. The summed E-state index contributed by atoms with van der Waals surface area (Å²) in [6, 6.07) is 14.3. The number of aliphatic hydroxyl groups is 1. The molecule has 2 rings (SSSR count). The minimum atomic E-state index is -0.567. The van der Waals surface area contributed by atoms with E-state index < -0.39 is 6.10 Å². The van der Waals surface area contributed by atoms with Crippen molar-refractivity contribution in [2.45, 2.75) is 26.4 Å². The van der Waals surface area contributed by atoms with Crippen LogP contribution in [0, 0.1) is 0 Å². The van der Waals surface area contributed by atoms with Gasteiger partial charge in [0.1, 0.15) is 5.75 Å². The molecular weight excluding hydrogens is 278 g/mol. The highest BCUT2D eigenvalue weighted by atomic mass is 16.5. The molecule has 0 spiro atoms. The number of hydrogen-bond donors (Lipinski definition) is 2. The van der Waals surface area contributed by atoms with Gasteiger partial charge < -0.3 is 15.2 Å². The van der Waals surface area contributed by atoms with Gasteiger partial charge in [-0.1, -0.05) is 25.1 Å². The monoisotopic (exact) mass is 299 g/mol. The van der Waals surface area contributed by atoms with Crippen LogP contribution in [0.1, 0.15) is 42.3 Å². The van der Waals surface area contributed by atoms with Gasteiger partial charge in [-0.05, 0) is 49.2 Å². The predicted octanol–water partition coefficient (Wildman–Crippen LogP) is 3.78. The van der Waals surface area contributed by atoms with Crippen molar-refractivity contribution in [3.8, 4) is 5.75 Å². The zero-order chi connectivity index (χ0) is 15.9. The molecule has 0 aromatic heterocycles. The molecule has 0 aliphatic heterocycles. The topological polar surface area (TPSA) is 58.6 Å². The summed E-state index contributed by atoms with van der Waals surface area (Å²) < 4.78 is 5.53. The van der Waals surface area contributed by atoms with Gasteiger partial charge in [0, 0.05) is 11.3 Å². The van der Waals surface area contributed by atoms with Crippen molar-refractivity contribution < 1.29 is 14.6 Å². The predicted molar refractivity (Wildman–Crippen MR) is 87.3 cm³/mol. The van der Waals surface area contributed by atoms with E-state index in [-0.39, 0.29) is 5.91 Å². The van der Waals surface area contributed by atoms with E-state index in [0.717, 1.165) is 12.0 Å². The molecular formula is C18H21NO3. The second-order valence-corrected chi connectivity index (χ2v) is 5.13. The molecule has 0 aliphatic rings. The number of ether oxygens (including phenoxy) is 1. The number of anilines is 1. The lowest BCUT2D eigenvalue weighted by Crippen LogP contribution is -2.12. The number of carbonyl (C=O) groups is 1. The van der Waals surface area contributed by atoms with Crippen LogP contribution in [-0.2, 0) is 0 Å². The Morgan fingerprint density at radius 2 is 2.00 bits per heavy atom. The van der Waals surface area contributed by atoms with E-state index in [1.165, 1.54) is 0 Å². The molecule has 0 heterocycles. The molecule has 4 nitrogen and oxygen atoms in total. The largest absolute Gasteiger partial charge is 0.494 e. The first-order valence-corrected chi connectivity index (χ1v) is 7.42. The van der Waals surface area contributed by atoms with Crippen LogP contribution < -0.4 is 10.1 Å². The Kier molecular flexibility index (Phi) is 5.55. The fourth-order valence-electron chi connectivity index (χ4n) is 2.03. The van der Waals surface area contributed by atoms with E-state index in [9.17, 15) is 9.90 Å². The molecule has 2 aromatic rings. The van der Waals surface area contributed by atoms with Gasteiger partial charge in [-0.25, -0.2) is 0 Å². The minimum absolute atomic E-state index is 0.204. The van der Waals surface area contributed by atoms with Crippen molar-refractivity contribution in [2.75, 3.05) is 11.9 Å². The van der Waals surface area contributed by atoms with Gasteiger partial charge in [0.05, 0.1) is 12.7 Å². The lowest BCUT2D eigenvalue weighted by molar-refractivity contribution is 0.102. The number of aliphatic hydroxyl groups excluding tert-OH is 1. The molecule has 0 fully saturated rings. The fraction of sp³-hybridized carbons (Fsp3) is 0.278. The van der Waals surface area contributed by atoms with Crippen molar-refractivity contribution in [3.63, 3.8) is 0 Å². The SMILES string of the molecule is CCCOc1cccc(C(=O)Nc2cccc(C(C)O)c2)c1. The van der Waals surface area contributed by atoms with Crippen LogP contribution in [0.3, 0.4) is 0 Å². The normalized spacial score (nSPS) is 11.8. The molecule has 22 heavy (non-hydrogen) atoms. The summed E-state index contributed by atoms with van der Waals surface area (Å²) in [7, 11) is 0. The third-order valence-corrected chi connectivity index (χ3v) is 3.20. The number of benzene rings is 2. The number of rotatable bonds is 6. The highest BCUT2D eigenvalue weighted by Crippen LogP contribution is 2.19. The molecule has 0 saturated carbocycles. The highest BCUT2D eigenvalue weighted by molar-refractivity contribution is 6.04. The molecule has 1 unspecified atom stereocenters. The first-order valence-electron chi connectivity index (χ1n) is 7.42. The van der Waals surface area contributed by atoms with Crippen LogP contribution in [0.15, 0.2) is 48.5 Å². The Bertz CT molecular complexity index is 638. The van der Waals surface area contributed by atoms with Crippen molar-refractivity contribution in [2.24, 2.45) is 0 Å².